The molecule has 1 aliphatic heterocycles. The Labute approximate surface area is 310 Å². The average Bonchev–Trinajstić information content (AvgIpc) is 3.56. The molecular weight excluding hydrogens is 713 g/mol. The first-order valence-corrected chi connectivity index (χ1v) is 19.3. The van der Waals surface area contributed by atoms with Crippen LogP contribution in [-0.2, 0) is 21.2 Å². The number of rotatable bonds is 8. The van der Waals surface area contributed by atoms with E-state index in [1.54, 1.807) is 11.0 Å². The van der Waals surface area contributed by atoms with Gasteiger partial charge in [-0.15, -0.1) is 0 Å². The van der Waals surface area contributed by atoms with E-state index >= 15 is 0 Å². The van der Waals surface area contributed by atoms with Crippen LogP contribution >= 0.6 is 0 Å². The smallest absolute Gasteiger partial charge is 0.434 e. The molecule has 5 fully saturated rings. The summed E-state index contributed by atoms with van der Waals surface area (Å²) in [5.41, 5.74) is -2.16. The second-order valence-corrected chi connectivity index (χ2v) is 16.8. The first-order chi connectivity index (χ1) is 25.6. The zero-order valence-electron chi connectivity index (χ0n) is 30.3. The van der Waals surface area contributed by atoms with Gasteiger partial charge in [-0.1, -0.05) is 31.3 Å². The number of aliphatic carboxylic acids is 1. The monoisotopic (exact) mass is 759 g/mol. The van der Waals surface area contributed by atoms with Crippen LogP contribution in [-0.4, -0.2) is 62.9 Å². The Morgan fingerprint density at radius 1 is 1.02 bits per heavy atom. The van der Waals surface area contributed by atoms with Gasteiger partial charge in [0.15, 0.2) is 5.69 Å². The van der Waals surface area contributed by atoms with E-state index in [1.807, 2.05) is 19.1 Å². The Bertz CT molecular complexity index is 1810. The molecule has 6 aliphatic rings. The van der Waals surface area contributed by atoms with Gasteiger partial charge in [0, 0.05) is 23.8 Å². The minimum atomic E-state index is -5.01. The molecule has 0 saturated heterocycles. The lowest BCUT2D eigenvalue weighted by atomic mass is 9.71. The van der Waals surface area contributed by atoms with Gasteiger partial charge in [-0.05, 0) is 106 Å². The molecule has 15 heteroatoms. The third kappa shape index (κ3) is 6.88. The predicted molar refractivity (Wildman–Crippen MR) is 187 cm³/mol. The van der Waals surface area contributed by atoms with Crippen molar-refractivity contribution in [3.05, 3.63) is 41.2 Å². The molecule has 8 rings (SSSR count). The van der Waals surface area contributed by atoms with Crippen LogP contribution in [0, 0.1) is 17.8 Å². The summed E-state index contributed by atoms with van der Waals surface area (Å²) in [4.78, 5) is 41.8. The molecule has 292 valence electrons. The highest BCUT2D eigenvalue weighted by atomic mass is 19.4. The summed E-state index contributed by atoms with van der Waals surface area (Å²) in [6.45, 7) is 2.40. The van der Waals surface area contributed by atoms with Crippen LogP contribution < -0.4 is 15.0 Å². The van der Waals surface area contributed by atoms with Crippen molar-refractivity contribution < 1.29 is 46.2 Å². The Balaban J connectivity index is 1.02. The van der Waals surface area contributed by atoms with Crippen molar-refractivity contribution in [3.63, 3.8) is 0 Å². The standard InChI is InChI=1S/C39H46F5N5O5/c1-22-13-23-15-24(14-22)38(17-23,34(51)52)47-33(50)29-20-45-35(46-32(29)39(42,43)44)49-21-36(11-3-2-4-12-36)30-16-28(9-10-31(30)49)53-26-5-7-27(8-6-26)54-48-25-18-37(40,41)19-25/h9-10,16,20,22-24,26-27H,2-8,11-15,17-19,21H2,1H3,(H,47,50)(H,51,52). The van der Waals surface area contributed by atoms with Gasteiger partial charge in [0.1, 0.15) is 17.4 Å². The van der Waals surface area contributed by atoms with Gasteiger partial charge in [0.05, 0.1) is 30.2 Å². The molecule has 5 saturated carbocycles. The summed E-state index contributed by atoms with van der Waals surface area (Å²) in [6, 6.07) is 5.62. The van der Waals surface area contributed by atoms with E-state index < -0.39 is 40.8 Å². The Hall–Kier alpha value is -4.04. The number of carboxylic acids is 1. The normalized spacial score (nSPS) is 31.0. The van der Waals surface area contributed by atoms with Crippen molar-refractivity contribution in [2.24, 2.45) is 22.9 Å². The quantitative estimate of drug-likeness (QED) is 0.203. The number of anilines is 2. The number of hydrogen-bond acceptors (Lipinski definition) is 8. The van der Waals surface area contributed by atoms with Crippen molar-refractivity contribution in [2.45, 2.75) is 138 Å². The summed E-state index contributed by atoms with van der Waals surface area (Å²) < 4.78 is 76.8. The number of carboxylic acid groups (broad SMARTS) is 1. The molecule has 10 nitrogen and oxygen atoms in total. The maximum Gasteiger partial charge on any atom is 0.434 e. The summed E-state index contributed by atoms with van der Waals surface area (Å²) >= 11 is 0. The molecule has 54 heavy (non-hydrogen) atoms. The predicted octanol–water partition coefficient (Wildman–Crippen LogP) is 8.35. The average molecular weight is 760 g/mol. The maximum atomic E-state index is 14.7. The number of oxime groups is 1. The van der Waals surface area contributed by atoms with Gasteiger partial charge in [-0.2, -0.15) is 13.2 Å². The maximum absolute atomic E-state index is 14.7. The summed E-state index contributed by atoms with van der Waals surface area (Å²) in [5, 5.41) is 16.8. The summed E-state index contributed by atoms with van der Waals surface area (Å²) in [6.07, 6.45) is 4.51. The van der Waals surface area contributed by atoms with Crippen molar-refractivity contribution in [1.82, 2.24) is 15.3 Å². The minimum Gasteiger partial charge on any atom is -0.490 e. The van der Waals surface area contributed by atoms with Crippen molar-refractivity contribution >= 4 is 29.2 Å². The van der Waals surface area contributed by atoms with Gasteiger partial charge in [0.25, 0.3) is 11.8 Å². The molecule has 1 amide bonds. The second-order valence-electron chi connectivity index (χ2n) is 16.8. The molecule has 2 heterocycles. The number of hydrogen-bond donors (Lipinski definition) is 2. The van der Waals surface area contributed by atoms with E-state index in [9.17, 15) is 36.6 Å². The number of nitrogens with one attached hydrogen (secondary N) is 1. The SMILES string of the molecule is CC1CC2CC(C1)C(NC(=O)c1cnc(N3CC4(CCCCC4)c4cc(OC5CCC(ON=C6CC(F)(F)C6)CC5)ccc43)nc1C(F)(F)F)(C(=O)O)C2. The van der Waals surface area contributed by atoms with Crippen LogP contribution in [0.25, 0.3) is 0 Å². The molecule has 2 bridgehead atoms. The zero-order chi connectivity index (χ0) is 38.0. The number of carbonyl (C=O) groups is 2. The zero-order valence-corrected chi connectivity index (χ0v) is 30.3. The molecule has 5 aliphatic carbocycles. The number of ether oxygens (including phenoxy) is 1. The van der Waals surface area contributed by atoms with Gasteiger partial charge >= 0.3 is 12.1 Å². The Morgan fingerprint density at radius 2 is 1.74 bits per heavy atom. The van der Waals surface area contributed by atoms with Crippen LogP contribution in [0.1, 0.15) is 125 Å². The molecule has 1 spiro atoms. The van der Waals surface area contributed by atoms with Gasteiger partial charge in [-0.25, -0.2) is 23.5 Å². The molecule has 1 aromatic carbocycles. The number of nitrogens with zero attached hydrogens (tertiary/aromatic N) is 4. The van der Waals surface area contributed by atoms with Crippen LogP contribution in [0.4, 0.5) is 33.6 Å². The summed E-state index contributed by atoms with van der Waals surface area (Å²) in [7, 11) is 0. The molecule has 1 aromatic heterocycles. The molecular formula is C39H46F5N5O5. The second kappa shape index (κ2) is 13.6. The highest BCUT2D eigenvalue weighted by Crippen LogP contribution is 2.53. The summed E-state index contributed by atoms with van der Waals surface area (Å²) in [5.74, 6) is -4.60. The van der Waals surface area contributed by atoms with E-state index in [4.69, 9.17) is 9.57 Å². The lowest BCUT2D eigenvalue weighted by Crippen LogP contribution is -2.57. The minimum absolute atomic E-state index is 0.0815. The van der Waals surface area contributed by atoms with Crippen molar-refractivity contribution in [2.75, 3.05) is 11.4 Å². The van der Waals surface area contributed by atoms with Crippen LogP contribution in [0.2, 0.25) is 0 Å². The first kappa shape index (κ1) is 36.9. The highest BCUT2D eigenvalue weighted by Gasteiger charge is 2.57. The number of fused-ring (bicyclic) bond motifs is 4. The number of halogens is 5. The third-order valence-corrected chi connectivity index (χ3v) is 12.9. The van der Waals surface area contributed by atoms with Crippen molar-refractivity contribution in [3.8, 4) is 5.75 Å². The molecule has 2 N–H and O–H groups in total. The van der Waals surface area contributed by atoms with Crippen LogP contribution in [0.3, 0.4) is 0 Å². The van der Waals surface area contributed by atoms with E-state index in [-0.39, 0.29) is 60.6 Å². The fourth-order valence-corrected chi connectivity index (χ4v) is 10.3. The van der Waals surface area contributed by atoms with Crippen LogP contribution in [0.5, 0.6) is 5.75 Å². The Morgan fingerprint density at radius 3 is 2.43 bits per heavy atom. The van der Waals surface area contributed by atoms with Gasteiger partial charge in [0.2, 0.25) is 5.95 Å². The van der Waals surface area contributed by atoms with Gasteiger partial charge in [-0.3, -0.25) is 4.79 Å². The number of amides is 1. The lowest BCUT2D eigenvalue weighted by Gasteiger charge is -2.34. The largest absolute Gasteiger partial charge is 0.490 e. The molecule has 2 aromatic rings. The number of benzene rings is 1. The first-order valence-electron chi connectivity index (χ1n) is 19.3. The Kier molecular flexibility index (Phi) is 9.30. The van der Waals surface area contributed by atoms with Crippen LogP contribution in [0.15, 0.2) is 29.6 Å². The number of carbonyl (C=O) groups excluding carboxylic acids is 1. The number of alkyl halides is 5. The van der Waals surface area contributed by atoms with Gasteiger partial charge < -0.3 is 24.9 Å². The topological polar surface area (TPSA) is 126 Å². The molecule has 0 radical (unpaired) electrons. The van der Waals surface area contributed by atoms with E-state index in [0.29, 0.717) is 62.2 Å². The fourth-order valence-electron chi connectivity index (χ4n) is 10.3. The fraction of sp³-hybridized carbons (Fsp3) is 0.667. The van der Waals surface area contributed by atoms with E-state index in [0.717, 1.165) is 50.3 Å². The van der Waals surface area contributed by atoms with E-state index in [2.05, 4.69) is 20.4 Å². The highest BCUT2D eigenvalue weighted by molar-refractivity contribution is 5.99. The van der Waals surface area contributed by atoms with E-state index in [1.165, 1.54) is 0 Å². The van der Waals surface area contributed by atoms with Crippen molar-refractivity contribution in [1.29, 1.82) is 0 Å². The molecule has 4 atom stereocenters. The lowest BCUT2D eigenvalue weighted by molar-refractivity contribution is -0.146. The third-order valence-electron chi connectivity index (χ3n) is 12.9. The number of aromatic nitrogens is 2. The molecule has 4 unspecified atom stereocenters.